The van der Waals surface area contributed by atoms with E-state index >= 15 is 0 Å². The Morgan fingerprint density at radius 2 is 2.10 bits per heavy atom. The van der Waals surface area contributed by atoms with Crippen molar-refractivity contribution < 1.29 is 14.3 Å². The number of esters is 1. The molecular formula is C16H21NO3. The summed E-state index contributed by atoms with van der Waals surface area (Å²) in [5, 5.41) is 0. The number of benzene rings is 1. The molecule has 108 valence electrons. The minimum Gasteiger partial charge on any atom is -0.497 e. The summed E-state index contributed by atoms with van der Waals surface area (Å²) in [7, 11) is 3.68. The summed E-state index contributed by atoms with van der Waals surface area (Å²) >= 11 is 0. The fourth-order valence-electron chi connectivity index (χ4n) is 2.30. The molecule has 0 bridgehead atoms. The third-order valence-corrected chi connectivity index (χ3v) is 3.39. The molecule has 2 rings (SSSR count). The molecule has 20 heavy (non-hydrogen) atoms. The van der Waals surface area contributed by atoms with Gasteiger partial charge in [-0.15, -0.1) is 0 Å². The van der Waals surface area contributed by atoms with Crippen LogP contribution in [0.15, 0.2) is 30.3 Å². The topological polar surface area (TPSA) is 38.8 Å². The van der Waals surface area contributed by atoms with Crippen LogP contribution in [0.2, 0.25) is 0 Å². The number of likely N-dealkylation sites (N-methyl/N-ethyl adjacent to an activating group) is 1. The van der Waals surface area contributed by atoms with Gasteiger partial charge < -0.3 is 14.4 Å². The van der Waals surface area contributed by atoms with Crippen molar-refractivity contribution in [1.82, 2.24) is 4.90 Å². The molecule has 0 unspecified atom stereocenters. The molecule has 0 N–H and O–H groups in total. The first kappa shape index (κ1) is 14.6. The average Bonchev–Trinajstić information content (AvgIpc) is 2.46. The van der Waals surface area contributed by atoms with Gasteiger partial charge in [-0.3, -0.25) is 0 Å². The second kappa shape index (κ2) is 7.10. The van der Waals surface area contributed by atoms with Crippen molar-refractivity contribution in [3.05, 3.63) is 35.9 Å². The van der Waals surface area contributed by atoms with Crippen LogP contribution in [0.1, 0.15) is 18.4 Å². The Bertz CT molecular complexity index is 467. The second-order valence-corrected chi connectivity index (χ2v) is 5.07. The van der Waals surface area contributed by atoms with Gasteiger partial charge in [-0.25, -0.2) is 4.79 Å². The van der Waals surface area contributed by atoms with Crippen LogP contribution < -0.4 is 4.74 Å². The first-order chi connectivity index (χ1) is 9.67. The Balaban J connectivity index is 1.85. The highest BCUT2D eigenvalue weighted by atomic mass is 16.5. The number of hydrogen-bond acceptors (Lipinski definition) is 4. The van der Waals surface area contributed by atoms with E-state index in [4.69, 9.17) is 9.47 Å². The molecule has 4 heteroatoms. The minimum absolute atomic E-state index is 0.0155. The lowest BCUT2D eigenvalue weighted by molar-refractivity contribution is -0.145. The van der Waals surface area contributed by atoms with Gasteiger partial charge >= 0.3 is 5.97 Å². The fraction of sp³-hybridized carbons (Fsp3) is 0.438. The van der Waals surface area contributed by atoms with Crippen LogP contribution in [0.3, 0.4) is 0 Å². The van der Waals surface area contributed by atoms with E-state index in [0.29, 0.717) is 0 Å². The first-order valence-corrected chi connectivity index (χ1v) is 6.88. The van der Waals surface area contributed by atoms with Crippen LogP contribution in [0.4, 0.5) is 0 Å². The number of hydrogen-bond donors (Lipinski definition) is 0. The quantitative estimate of drug-likeness (QED) is 0.624. The second-order valence-electron chi connectivity index (χ2n) is 5.07. The van der Waals surface area contributed by atoms with Gasteiger partial charge in [-0.2, -0.15) is 0 Å². The van der Waals surface area contributed by atoms with Crippen LogP contribution in [0, 0.1) is 0 Å². The summed E-state index contributed by atoms with van der Waals surface area (Å²) in [4.78, 5) is 14.0. The van der Waals surface area contributed by atoms with Gasteiger partial charge in [-0.05, 0) is 50.2 Å². The lowest BCUT2D eigenvalue weighted by Gasteiger charge is -2.28. The van der Waals surface area contributed by atoms with Gasteiger partial charge in [-0.1, -0.05) is 12.1 Å². The Morgan fingerprint density at radius 3 is 2.75 bits per heavy atom. The highest BCUT2D eigenvalue weighted by Gasteiger charge is 2.19. The van der Waals surface area contributed by atoms with E-state index in [1.165, 1.54) is 6.08 Å². The molecule has 0 aromatic heterocycles. The van der Waals surface area contributed by atoms with Crippen molar-refractivity contribution in [3.8, 4) is 5.75 Å². The lowest BCUT2D eigenvalue weighted by Crippen LogP contribution is -2.37. The summed E-state index contributed by atoms with van der Waals surface area (Å²) in [5.41, 5.74) is 0.948. The van der Waals surface area contributed by atoms with E-state index in [-0.39, 0.29) is 12.1 Å². The number of methoxy groups -OCH3 is 1. The average molecular weight is 275 g/mol. The zero-order valence-electron chi connectivity index (χ0n) is 12.0. The molecule has 0 spiro atoms. The van der Waals surface area contributed by atoms with Crippen molar-refractivity contribution in [1.29, 1.82) is 0 Å². The molecule has 0 saturated carbocycles. The van der Waals surface area contributed by atoms with Crippen LogP contribution in [0.5, 0.6) is 5.75 Å². The van der Waals surface area contributed by atoms with Gasteiger partial charge in [0, 0.05) is 12.6 Å². The molecule has 1 atom stereocenters. The van der Waals surface area contributed by atoms with Crippen molar-refractivity contribution in [2.75, 3.05) is 27.2 Å². The van der Waals surface area contributed by atoms with Gasteiger partial charge in [0.15, 0.2) is 0 Å². The van der Waals surface area contributed by atoms with Gasteiger partial charge in [0.1, 0.15) is 11.9 Å². The number of likely N-dealkylation sites (tertiary alicyclic amines) is 1. The van der Waals surface area contributed by atoms with Crippen molar-refractivity contribution in [2.45, 2.75) is 18.9 Å². The minimum atomic E-state index is -0.277. The summed E-state index contributed by atoms with van der Waals surface area (Å²) in [5.74, 6) is 0.524. The molecule has 1 aliphatic rings. The molecule has 1 aliphatic heterocycles. The largest absolute Gasteiger partial charge is 0.497 e. The molecule has 4 nitrogen and oxygen atoms in total. The molecule has 1 aromatic carbocycles. The summed E-state index contributed by atoms with van der Waals surface area (Å²) < 4.78 is 10.5. The zero-order valence-corrected chi connectivity index (χ0v) is 12.0. The Morgan fingerprint density at radius 1 is 1.35 bits per heavy atom. The maximum absolute atomic E-state index is 11.8. The van der Waals surface area contributed by atoms with Crippen molar-refractivity contribution >= 4 is 12.0 Å². The van der Waals surface area contributed by atoms with E-state index in [2.05, 4.69) is 4.90 Å². The van der Waals surface area contributed by atoms with E-state index in [1.54, 1.807) is 13.2 Å². The maximum atomic E-state index is 11.8. The Hall–Kier alpha value is -1.81. The monoisotopic (exact) mass is 275 g/mol. The van der Waals surface area contributed by atoms with E-state index in [1.807, 2.05) is 31.3 Å². The van der Waals surface area contributed by atoms with E-state index in [0.717, 1.165) is 37.2 Å². The molecule has 1 heterocycles. The molecule has 1 saturated heterocycles. The molecular weight excluding hydrogens is 254 g/mol. The number of carbonyl (C=O) groups excluding carboxylic acids is 1. The van der Waals surface area contributed by atoms with Crippen LogP contribution >= 0.6 is 0 Å². The van der Waals surface area contributed by atoms with Gasteiger partial charge in [0.2, 0.25) is 0 Å². The van der Waals surface area contributed by atoms with E-state index in [9.17, 15) is 4.79 Å². The first-order valence-electron chi connectivity index (χ1n) is 6.88. The number of piperidine rings is 1. The molecule has 1 fully saturated rings. The SMILES string of the molecule is COc1ccc(/C=C/C(=O)O[C@@H]2CCCN(C)C2)cc1. The Kier molecular flexibility index (Phi) is 5.18. The summed E-state index contributed by atoms with van der Waals surface area (Å²) in [6, 6.07) is 7.52. The normalized spacial score (nSPS) is 20.0. The number of carbonyl (C=O) groups is 1. The third kappa shape index (κ3) is 4.38. The Labute approximate surface area is 120 Å². The highest BCUT2D eigenvalue weighted by molar-refractivity contribution is 5.87. The maximum Gasteiger partial charge on any atom is 0.331 e. The number of rotatable bonds is 4. The van der Waals surface area contributed by atoms with Gasteiger partial charge in [0.05, 0.1) is 7.11 Å². The molecule has 0 amide bonds. The summed E-state index contributed by atoms with van der Waals surface area (Å²) in [6.07, 6.45) is 5.29. The van der Waals surface area contributed by atoms with Crippen molar-refractivity contribution in [2.24, 2.45) is 0 Å². The van der Waals surface area contributed by atoms with Crippen LogP contribution in [-0.2, 0) is 9.53 Å². The van der Waals surface area contributed by atoms with Gasteiger partial charge in [0.25, 0.3) is 0 Å². The highest BCUT2D eigenvalue weighted by Crippen LogP contribution is 2.14. The smallest absolute Gasteiger partial charge is 0.331 e. The lowest BCUT2D eigenvalue weighted by atomic mass is 10.1. The molecule has 0 radical (unpaired) electrons. The van der Waals surface area contributed by atoms with Crippen LogP contribution in [0.25, 0.3) is 6.08 Å². The van der Waals surface area contributed by atoms with Crippen molar-refractivity contribution in [3.63, 3.8) is 0 Å². The van der Waals surface area contributed by atoms with Crippen LogP contribution in [-0.4, -0.2) is 44.2 Å². The predicted molar refractivity (Wildman–Crippen MR) is 78.6 cm³/mol. The third-order valence-electron chi connectivity index (χ3n) is 3.39. The fourth-order valence-corrected chi connectivity index (χ4v) is 2.30. The zero-order chi connectivity index (χ0) is 14.4. The number of nitrogens with zero attached hydrogens (tertiary/aromatic N) is 1. The number of ether oxygens (including phenoxy) is 2. The van der Waals surface area contributed by atoms with E-state index < -0.39 is 0 Å². The summed E-state index contributed by atoms with van der Waals surface area (Å²) in [6.45, 7) is 1.90. The molecule has 0 aliphatic carbocycles. The standard InChI is InChI=1S/C16H21NO3/c1-17-11-3-4-15(12-17)20-16(18)10-7-13-5-8-14(19-2)9-6-13/h5-10,15H,3-4,11-12H2,1-2H3/b10-7+/t15-/m1/s1. The predicted octanol–water partition coefficient (Wildman–Crippen LogP) is 2.35. The molecule has 1 aromatic rings.